The van der Waals surface area contributed by atoms with Gasteiger partial charge in [-0.2, -0.15) is 5.10 Å². The molecule has 7 nitrogen and oxygen atoms in total. The Labute approximate surface area is 115 Å². The van der Waals surface area contributed by atoms with Crippen molar-refractivity contribution in [1.82, 2.24) is 25.3 Å². The van der Waals surface area contributed by atoms with Crippen LogP contribution in [0.25, 0.3) is 0 Å². The summed E-state index contributed by atoms with van der Waals surface area (Å²) in [4.78, 5) is 11.7. The molecule has 0 radical (unpaired) electrons. The molecule has 2 N–H and O–H groups in total. The van der Waals surface area contributed by atoms with Crippen molar-refractivity contribution < 1.29 is 4.79 Å². The molecule has 0 aliphatic carbocycles. The summed E-state index contributed by atoms with van der Waals surface area (Å²) in [6.45, 7) is 4.30. The van der Waals surface area contributed by atoms with Crippen LogP contribution in [0.1, 0.15) is 19.9 Å². The van der Waals surface area contributed by atoms with E-state index in [-0.39, 0.29) is 24.5 Å². The molecule has 2 rings (SSSR count). The van der Waals surface area contributed by atoms with Gasteiger partial charge < -0.3 is 5.32 Å². The Bertz CT molecular complexity index is 497. The maximum atomic E-state index is 11.7. The highest BCUT2D eigenvalue weighted by Crippen LogP contribution is 2.09. The lowest BCUT2D eigenvalue weighted by Crippen LogP contribution is -2.39. The van der Waals surface area contributed by atoms with Crippen LogP contribution in [-0.4, -0.2) is 38.5 Å². The molecule has 102 valence electrons. The highest BCUT2D eigenvalue weighted by Gasteiger charge is 2.15. The molecule has 2 aromatic rings. The first-order valence-corrected chi connectivity index (χ1v) is 6.83. The van der Waals surface area contributed by atoms with Crippen molar-refractivity contribution in [2.45, 2.75) is 25.9 Å². The van der Waals surface area contributed by atoms with E-state index in [0.29, 0.717) is 5.13 Å². The van der Waals surface area contributed by atoms with Crippen LogP contribution in [0.2, 0.25) is 0 Å². The van der Waals surface area contributed by atoms with Gasteiger partial charge in [0.2, 0.25) is 11.0 Å². The lowest BCUT2D eigenvalue weighted by molar-refractivity contribution is -0.115. The van der Waals surface area contributed by atoms with Crippen LogP contribution >= 0.6 is 11.3 Å². The van der Waals surface area contributed by atoms with Gasteiger partial charge in [0.15, 0.2) is 0 Å². The van der Waals surface area contributed by atoms with Crippen LogP contribution in [0.4, 0.5) is 5.13 Å². The molecule has 2 atom stereocenters. The second-order valence-electron chi connectivity index (χ2n) is 4.19. The second-order valence-corrected chi connectivity index (χ2v) is 5.02. The van der Waals surface area contributed by atoms with Crippen LogP contribution in [0.5, 0.6) is 0 Å². The van der Waals surface area contributed by atoms with Gasteiger partial charge in [-0.05, 0) is 19.9 Å². The number of carbonyl (C=O) groups excluding carboxylic acids is 1. The average molecular weight is 280 g/mol. The van der Waals surface area contributed by atoms with Gasteiger partial charge in [-0.15, -0.1) is 10.2 Å². The number of hydrogen-bond acceptors (Lipinski definition) is 6. The molecule has 19 heavy (non-hydrogen) atoms. The molecule has 0 aromatic carbocycles. The molecule has 1 amide bonds. The summed E-state index contributed by atoms with van der Waals surface area (Å²) in [6, 6.07) is 2.18. The minimum Gasteiger partial charge on any atom is -0.304 e. The predicted octanol–water partition coefficient (Wildman–Crippen LogP) is 0.912. The molecule has 0 fully saturated rings. The third-order valence-electron chi connectivity index (χ3n) is 2.86. The fourth-order valence-electron chi connectivity index (χ4n) is 1.57. The summed E-state index contributed by atoms with van der Waals surface area (Å²) >= 11 is 1.29. The summed E-state index contributed by atoms with van der Waals surface area (Å²) in [5.41, 5.74) is 1.57. The molecule has 2 heterocycles. The van der Waals surface area contributed by atoms with Crippen molar-refractivity contribution in [3.63, 3.8) is 0 Å². The summed E-state index contributed by atoms with van der Waals surface area (Å²) in [6.07, 6.45) is 3.65. The molecule has 0 saturated heterocycles. The fourth-order valence-corrected chi connectivity index (χ4v) is 2.03. The molecule has 0 aliphatic rings. The number of amides is 1. The first kappa shape index (κ1) is 13.6. The Kier molecular flexibility index (Phi) is 4.58. The summed E-state index contributed by atoms with van der Waals surface area (Å²) in [7, 11) is 0. The van der Waals surface area contributed by atoms with Crippen LogP contribution in [0.3, 0.4) is 0 Å². The fraction of sp³-hybridized carbons (Fsp3) is 0.455. The molecular weight excluding hydrogens is 264 g/mol. The van der Waals surface area contributed by atoms with Crippen LogP contribution in [0, 0.1) is 0 Å². The van der Waals surface area contributed by atoms with E-state index in [9.17, 15) is 4.79 Å². The van der Waals surface area contributed by atoms with E-state index in [1.54, 1.807) is 11.7 Å². The Morgan fingerprint density at radius 1 is 1.53 bits per heavy atom. The minimum absolute atomic E-state index is 0.125. The summed E-state index contributed by atoms with van der Waals surface area (Å²) < 4.78 is 1.86. The molecular formula is C11H16N6OS. The Balaban J connectivity index is 1.77. The molecule has 0 aliphatic heterocycles. The zero-order valence-electron chi connectivity index (χ0n) is 10.8. The molecule has 2 aromatic heterocycles. The molecule has 0 spiro atoms. The summed E-state index contributed by atoms with van der Waals surface area (Å²) in [5, 5.41) is 17.9. The minimum atomic E-state index is -0.128. The van der Waals surface area contributed by atoms with E-state index in [2.05, 4.69) is 25.9 Å². The topological polar surface area (TPSA) is 84.7 Å². The van der Waals surface area contributed by atoms with Crippen molar-refractivity contribution >= 4 is 22.4 Å². The van der Waals surface area contributed by atoms with E-state index in [0.717, 1.165) is 0 Å². The molecule has 0 bridgehead atoms. The van der Waals surface area contributed by atoms with Gasteiger partial charge >= 0.3 is 0 Å². The van der Waals surface area contributed by atoms with E-state index in [4.69, 9.17) is 0 Å². The highest BCUT2D eigenvalue weighted by molar-refractivity contribution is 7.13. The van der Waals surface area contributed by atoms with Gasteiger partial charge in [0.05, 0.1) is 12.6 Å². The van der Waals surface area contributed by atoms with Crippen LogP contribution in [0.15, 0.2) is 24.0 Å². The maximum absolute atomic E-state index is 11.7. The predicted molar refractivity (Wildman–Crippen MR) is 72.9 cm³/mol. The van der Waals surface area contributed by atoms with Gasteiger partial charge in [0.25, 0.3) is 0 Å². The van der Waals surface area contributed by atoms with Crippen molar-refractivity contribution in [2.75, 3.05) is 11.9 Å². The Hall–Kier alpha value is -1.80. The average Bonchev–Trinajstić information content (AvgIpc) is 3.07. The SMILES string of the molecule is CC(NCC(=O)Nc1nncs1)C(C)n1cccn1. The number of nitrogens with zero attached hydrogens (tertiary/aromatic N) is 4. The Morgan fingerprint density at radius 2 is 2.37 bits per heavy atom. The van der Waals surface area contributed by atoms with Crippen LogP contribution < -0.4 is 10.6 Å². The standard InChI is InChI=1S/C11H16N6OS/c1-8(9(2)17-5-3-4-14-17)12-6-10(18)15-11-16-13-7-19-11/h3-5,7-9,12H,6H2,1-2H3,(H,15,16,18). The summed E-state index contributed by atoms with van der Waals surface area (Å²) in [5.74, 6) is -0.128. The highest BCUT2D eigenvalue weighted by atomic mass is 32.1. The third kappa shape index (κ3) is 3.83. The smallest absolute Gasteiger partial charge is 0.240 e. The first-order valence-electron chi connectivity index (χ1n) is 5.95. The number of anilines is 1. The number of rotatable bonds is 6. The number of nitrogens with one attached hydrogen (secondary N) is 2. The van der Waals surface area contributed by atoms with Gasteiger partial charge in [-0.3, -0.25) is 14.8 Å². The Morgan fingerprint density at radius 3 is 3.00 bits per heavy atom. The van der Waals surface area contributed by atoms with Gasteiger partial charge in [0, 0.05) is 18.4 Å². The lowest BCUT2D eigenvalue weighted by Gasteiger charge is -2.21. The van der Waals surface area contributed by atoms with E-state index < -0.39 is 0 Å². The van der Waals surface area contributed by atoms with E-state index in [1.165, 1.54) is 11.3 Å². The monoisotopic (exact) mass is 280 g/mol. The molecule has 0 saturated carbocycles. The number of aromatic nitrogens is 4. The zero-order chi connectivity index (χ0) is 13.7. The van der Waals surface area contributed by atoms with Gasteiger partial charge in [0.1, 0.15) is 5.51 Å². The van der Waals surface area contributed by atoms with Crippen molar-refractivity contribution in [3.8, 4) is 0 Å². The van der Waals surface area contributed by atoms with Crippen molar-refractivity contribution in [1.29, 1.82) is 0 Å². The zero-order valence-corrected chi connectivity index (χ0v) is 11.6. The second kappa shape index (κ2) is 6.39. The largest absolute Gasteiger partial charge is 0.304 e. The van der Waals surface area contributed by atoms with Crippen molar-refractivity contribution in [2.24, 2.45) is 0 Å². The third-order valence-corrected chi connectivity index (χ3v) is 3.46. The van der Waals surface area contributed by atoms with Crippen LogP contribution in [-0.2, 0) is 4.79 Å². The number of carbonyl (C=O) groups is 1. The van der Waals surface area contributed by atoms with Crippen molar-refractivity contribution in [3.05, 3.63) is 24.0 Å². The molecule has 8 heteroatoms. The van der Waals surface area contributed by atoms with Gasteiger partial charge in [-0.25, -0.2) is 0 Å². The first-order chi connectivity index (χ1) is 9.16. The normalized spacial score (nSPS) is 14.0. The van der Waals surface area contributed by atoms with Gasteiger partial charge in [-0.1, -0.05) is 11.3 Å². The van der Waals surface area contributed by atoms with E-state index in [1.807, 2.05) is 30.8 Å². The van der Waals surface area contributed by atoms with E-state index >= 15 is 0 Å². The quantitative estimate of drug-likeness (QED) is 0.821. The maximum Gasteiger partial charge on any atom is 0.240 e. The number of hydrogen-bond donors (Lipinski definition) is 2. The molecule has 2 unspecified atom stereocenters. The lowest BCUT2D eigenvalue weighted by atomic mass is 10.2.